The standard InChI is InChI=1S/C23H23N3O3S/c1-13(2)20(27)18-19(14-9-11-15(12-10-14)25(3)4)26(22(29)21(18)28)23-24-16-7-5-6-8-17(16)30-23/h5-13,19,28H,1-4H3. The van der Waals surface area contributed by atoms with Gasteiger partial charge in [0.1, 0.15) is 0 Å². The Labute approximate surface area is 179 Å². The molecule has 0 aliphatic carbocycles. The average molecular weight is 422 g/mol. The highest BCUT2D eigenvalue weighted by Crippen LogP contribution is 2.44. The summed E-state index contributed by atoms with van der Waals surface area (Å²) in [4.78, 5) is 34.1. The molecule has 0 radical (unpaired) electrons. The van der Waals surface area contributed by atoms with E-state index >= 15 is 0 Å². The van der Waals surface area contributed by atoms with Crippen molar-refractivity contribution in [1.82, 2.24) is 4.98 Å². The zero-order valence-electron chi connectivity index (χ0n) is 17.3. The number of amides is 1. The van der Waals surface area contributed by atoms with Crippen LogP contribution < -0.4 is 9.80 Å². The van der Waals surface area contributed by atoms with Gasteiger partial charge in [-0.05, 0) is 29.8 Å². The Kier molecular flexibility index (Phi) is 5.07. The smallest absolute Gasteiger partial charge is 0.296 e. The van der Waals surface area contributed by atoms with E-state index in [-0.39, 0.29) is 17.3 Å². The Hall–Kier alpha value is -3.19. The maximum Gasteiger partial charge on any atom is 0.296 e. The molecule has 0 saturated heterocycles. The van der Waals surface area contributed by atoms with Gasteiger partial charge in [-0.15, -0.1) is 0 Å². The first-order valence-electron chi connectivity index (χ1n) is 9.73. The number of aliphatic hydroxyl groups is 1. The lowest BCUT2D eigenvalue weighted by Gasteiger charge is -2.25. The van der Waals surface area contributed by atoms with Crippen molar-refractivity contribution in [3.63, 3.8) is 0 Å². The predicted octanol–water partition coefficient (Wildman–Crippen LogP) is 4.49. The van der Waals surface area contributed by atoms with Crippen molar-refractivity contribution in [3.05, 3.63) is 65.4 Å². The van der Waals surface area contributed by atoms with Gasteiger partial charge in [0.15, 0.2) is 16.7 Å². The van der Waals surface area contributed by atoms with Crippen LogP contribution in [0, 0.1) is 5.92 Å². The van der Waals surface area contributed by atoms with E-state index in [0.29, 0.717) is 5.13 Å². The summed E-state index contributed by atoms with van der Waals surface area (Å²) in [5.74, 6) is -1.69. The van der Waals surface area contributed by atoms with E-state index in [9.17, 15) is 14.7 Å². The van der Waals surface area contributed by atoms with Crippen molar-refractivity contribution in [1.29, 1.82) is 0 Å². The SMILES string of the molecule is CC(C)C(=O)C1=C(O)C(=O)N(c2nc3ccccc3s2)C1c1ccc(N(C)C)cc1. The Balaban J connectivity index is 1.87. The van der Waals surface area contributed by atoms with Gasteiger partial charge in [-0.2, -0.15) is 0 Å². The van der Waals surface area contributed by atoms with E-state index in [1.54, 1.807) is 13.8 Å². The quantitative estimate of drug-likeness (QED) is 0.657. The molecule has 1 aromatic heterocycles. The van der Waals surface area contributed by atoms with Crippen molar-refractivity contribution in [3.8, 4) is 0 Å². The molecule has 2 heterocycles. The molecular weight excluding hydrogens is 398 g/mol. The largest absolute Gasteiger partial charge is 0.503 e. The molecule has 4 rings (SSSR count). The fourth-order valence-electron chi connectivity index (χ4n) is 3.60. The van der Waals surface area contributed by atoms with Crippen LogP contribution in [0.5, 0.6) is 0 Å². The summed E-state index contributed by atoms with van der Waals surface area (Å²) < 4.78 is 0.935. The molecule has 1 amide bonds. The van der Waals surface area contributed by atoms with Gasteiger partial charge in [0.2, 0.25) is 0 Å². The number of hydrogen-bond acceptors (Lipinski definition) is 6. The molecule has 1 unspecified atom stereocenters. The Morgan fingerprint density at radius 3 is 2.40 bits per heavy atom. The van der Waals surface area contributed by atoms with Crippen LogP contribution in [0.1, 0.15) is 25.5 Å². The summed E-state index contributed by atoms with van der Waals surface area (Å²) in [6, 6.07) is 14.5. The third kappa shape index (κ3) is 3.25. The monoisotopic (exact) mass is 421 g/mol. The zero-order chi connectivity index (χ0) is 21.6. The normalized spacial score (nSPS) is 16.8. The number of nitrogens with zero attached hydrogens (tertiary/aromatic N) is 3. The van der Waals surface area contributed by atoms with Crippen LogP contribution in [0.2, 0.25) is 0 Å². The summed E-state index contributed by atoms with van der Waals surface area (Å²) in [7, 11) is 3.89. The number of thiazole rings is 1. The number of benzene rings is 2. The number of anilines is 2. The molecule has 1 atom stereocenters. The topological polar surface area (TPSA) is 73.7 Å². The maximum absolute atomic E-state index is 13.1. The summed E-state index contributed by atoms with van der Waals surface area (Å²) in [5, 5.41) is 11.2. The number of Topliss-reactive ketones (excluding diaryl/α,β-unsaturated/α-hetero) is 1. The fraction of sp³-hybridized carbons (Fsp3) is 0.261. The zero-order valence-corrected chi connectivity index (χ0v) is 18.1. The van der Waals surface area contributed by atoms with Crippen molar-refractivity contribution in [2.24, 2.45) is 5.92 Å². The molecule has 0 fully saturated rings. The Morgan fingerprint density at radius 1 is 1.13 bits per heavy atom. The van der Waals surface area contributed by atoms with E-state index in [1.165, 1.54) is 16.2 Å². The number of aromatic nitrogens is 1. The number of carbonyl (C=O) groups excluding carboxylic acids is 2. The molecule has 1 N–H and O–H groups in total. The molecule has 1 aliphatic heterocycles. The van der Waals surface area contributed by atoms with Gasteiger partial charge in [0.25, 0.3) is 5.91 Å². The second kappa shape index (κ2) is 7.57. The molecule has 0 spiro atoms. The van der Waals surface area contributed by atoms with Crippen LogP contribution in [-0.2, 0) is 9.59 Å². The minimum Gasteiger partial charge on any atom is -0.503 e. The second-order valence-corrected chi connectivity index (χ2v) is 8.82. The van der Waals surface area contributed by atoms with Crippen molar-refractivity contribution >= 4 is 44.1 Å². The summed E-state index contributed by atoms with van der Waals surface area (Å²) in [6.07, 6.45) is 0. The number of rotatable bonds is 5. The molecule has 1 aliphatic rings. The second-order valence-electron chi connectivity index (χ2n) is 7.81. The summed E-state index contributed by atoms with van der Waals surface area (Å²) in [6.45, 7) is 3.53. The molecule has 0 saturated carbocycles. The fourth-order valence-corrected chi connectivity index (χ4v) is 4.59. The van der Waals surface area contributed by atoms with Crippen LogP contribution in [0.3, 0.4) is 0 Å². The lowest BCUT2D eigenvalue weighted by molar-refractivity contribution is -0.119. The number of carbonyl (C=O) groups is 2. The Bertz CT molecular complexity index is 1130. The molecule has 154 valence electrons. The van der Waals surface area contributed by atoms with E-state index in [4.69, 9.17) is 0 Å². The molecule has 2 aromatic carbocycles. The third-order valence-corrected chi connectivity index (χ3v) is 6.25. The Morgan fingerprint density at radius 2 is 1.80 bits per heavy atom. The highest BCUT2D eigenvalue weighted by molar-refractivity contribution is 7.22. The van der Waals surface area contributed by atoms with Crippen LogP contribution in [0.4, 0.5) is 10.8 Å². The minimum absolute atomic E-state index is 0.131. The van der Waals surface area contributed by atoms with E-state index < -0.39 is 17.7 Å². The van der Waals surface area contributed by atoms with Crippen molar-refractivity contribution in [2.45, 2.75) is 19.9 Å². The first-order valence-corrected chi connectivity index (χ1v) is 10.5. The van der Waals surface area contributed by atoms with Gasteiger partial charge in [-0.3, -0.25) is 14.5 Å². The van der Waals surface area contributed by atoms with Gasteiger partial charge in [-0.1, -0.05) is 49.4 Å². The van der Waals surface area contributed by atoms with Crippen molar-refractivity contribution in [2.75, 3.05) is 23.9 Å². The number of aliphatic hydroxyl groups excluding tert-OH is 1. The summed E-state index contributed by atoms with van der Waals surface area (Å²) in [5.41, 5.74) is 2.66. The molecule has 30 heavy (non-hydrogen) atoms. The maximum atomic E-state index is 13.1. The molecule has 6 nitrogen and oxygen atoms in total. The lowest BCUT2D eigenvalue weighted by atomic mass is 9.91. The number of para-hydroxylation sites is 1. The molecule has 7 heteroatoms. The van der Waals surface area contributed by atoms with Crippen LogP contribution in [0.15, 0.2) is 59.9 Å². The van der Waals surface area contributed by atoms with Crippen LogP contribution in [0.25, 0.3) is 10.2 Å². The molecule has 3 aromatic rings. The highest BCUT2D eigenvalue weighted by Gasteiger charge is 2.46. The van der Waals surface area contributed by atoms with Gasteiger partial charge in [0.05, 0.1) is 21.8 Å². The number of fused-ring (bicyclic) bond motifs is 1. The number of hydrogen-bond donors (Lipinski definition) is 1. The molecular formula is C23H23N3O3S. The summed E-state index contributed by atoms with van der Waals surface area (Å²) >= 11 is 1.37. The average Bonchev–Trinajstić information content (AvgIpc) is 3.26. The van der Waals surface area contributed by atoms with Gasteiger partial charge >= 0.3 is 0 Å². The van der Waals surface area contributed by atoms with Gasteiger partial charge < -0.3 is 10.0 Å². The van der Waals surface area contributed by atoms with Crippen LogP contribution >= 0.6 is 11.3 Å². The first-order chi connectivity index (χ1) is 14.3. The van der Waals surface area contributed by atoms with E-state index in [0.717, 1.165) is 21.5 Å². The first kappa shape index (κ1) is 20.1. The van der Waals surface area contributed by atoms with Crippen molar-refractivity contribution < 1.29 is 14.7 Å². The van der Waals surface area contributed by atoms with Gasteiger partial charge in [-0.25, -0.2) is 4.98 Å². The van der Waals surface area contributed by atoms with E-state index in [2.05, 4.69) is 4.98 Å². The van der Waals surface area contributed by atoms with Gasteiger partial charge in [0, 0.05) is 25.7 Å². The lowest BCUT2D eigenvalue weighted by Crippen LogP contribution is -2.31. The highest BCUT2D eigenvalue weighted by atomic mass is 32.1. The minimum atomic E-state index is -0.718. The predicted molar refractivity (Wildman–Crippen MR) is 120 cm³/mol. The van der Waals surface area contributed by atoms with Crippen LogP contribution in [-0.4, -0.2) is 35.9 Å². The van der Waals surface area contributed by atoms with E-state index in [1.807, 2.05) is 67.5 Å². The molecule has 0 bridgehead atoms. The third-order valence-electron chi connectivity index (χ3n) is 5.21. The number of ketones is 1.